The molecule has 3 atom stereocenters. The largest absolute Gasteiger partial charge is 0.396 e. The Hall–Kier alpha value is -0.630. The molecule has 1 N–H and O–H groups in total. The molecule has 0 radical (unpaired) electrons. The molecule has 2 nitrogen and oxygen atoms in total. The van der Waals surface area contributed by atoms with Gasteiger partial charge in [-0.1, -0.05) is 39.7 Å². The number of aliphatic hydroxyl groups excluding tert-OH is 1. The van der Waals surface area contributed by atoms with Crippen LogP contribution >= 0.6 is 0 Å². The first-order valence-electron chi connectivity index (χ1n) is 9.06. The van der Waals surface area contributed by atoms with Crippen LogP contribution in [0.2, 0.25) is 0 Å². The summed E-state index contributed by atoms with van der Waals surface area (Å²) in [5.74, 6) is 1.40. The first-order valence-corrected chi connectivity index (χ1v) is 9.06. The van der Waals surface area contributed by atoms with Gasteiger partial charge in [0, 0.05) is 13.0 Å². The Balaban J connectivity index is 2.28. The number of hydrogen-bond donors (Lipinski definition) is 1. The molecule has 0 aromatic heterocycles. The van der Waals surface area contributed by atoms with Gasteiger partial charge in [-0.15, -0.1) is 0 Å². The van der Waals surface area contributed by atoms with Gasteiger partial charge in [0.05, 0.1) is 0 Å². The third-order valence-corrected chi connectivity index (χ3v) is 6.69. The van der Waals surface area contributed by atoms with Crippen molar-refractivity contribution in [2.45, 2.75) is 79.6 Å². The van der Waals surface area contributed by atoms with Crippen LogP contribution in [0.25, 0.3) is 0 Å². The van der Waals surface area contributed by atoms with Crippen LogP contribution in [-0.4, -0.2) is 17.5 Å². The van der Waals surface area contributed by atoms with Crippen LogP contribution in [0.1, 0.15) is 79.6 Å². The van der Waals surface area contributed by atoms with Crippen molar-refractivity contribution < 1.29 is 9.90 Å². The van der Waals surface area contributed by atoms with Gasteiger partial charge >= 0.3 is 0 Å². The van der Waals surface area contributed by atoms with E-state index < -0.39 is 0 Å². The number of ketones is 1. The molecule has 0 heterocycles. The summed E-state index contributed by atoms with van der Waals surface area (Å²) in [7, 11) is 0. The minimum Gasteiger partial charge on any atom is -0.396 e. The molecule has 0 aromatic rings. The van der Waals surface area contributed by atoms with Crippen LogP contribution in [0.3, 0.4) is 0 Å². The van der Waals surface area contributed by atoms with Gasteiger partial charge in [-0.25, -0.2) is 0 Å². The lowest BCUT2D eigenvalue weighted by Crippen LogP contribution is -2.47. The van der Waals surface area contributed by atoms with Gasteiger partial charge in [0.15, 0.2) is 5.78 Å². The predicted octanol–water partition coefficient (Wildman–Crippen LogP) is 4.91. The van der Waals surface area contributed by atoms with Crippen LogP contribution in [0.4, 0.5) is 0 Å². The zero-order valence-electron chi connectivity index (χ0n) is 15.2. The molecule has 0 amide bonds. The number of fused-ring (bicyclic) bond motifs is 1. The first kappa shape index (κ1) is 17.7. The first-order chi connectivity index (χ1) is 10.2. The van der Waals surface area contributed by atoms with Crippen molar-refractivity contribution in [3.05, 3.63) is 11.1 Å². The number of carbonyl (C=O) groups excluding carboxylic acids is 1. The minimum atomic E-state index is 0.207. The predicted molar refractivity (Wildman–Crippen MR) is 91.7 cm³/mol. The highest BCUT2D eigenvalue weighted by Crippen LogP contribution is 2.59. The molecule has 2 heteroatoms. The highest BCUT2D eigenvalue weighted by atomic mass is 16.3. The molecule has 1 fully saturated rings. The number of hydrogen-bond acceptors (Lipinski definition) is 2. The van der Waals surface area contributed by atoms with Crippen molar-refractivity contribution in [3.63, 3.8) is 0 Å². The number of carbonyl (C=O) groups is 1. The van der Waals surface area contributed by atoms with Crippen LogP contribution in [0, 0.1) is 22.7 Å². The Morgan fingerprint density at radius 3 is 2.55 bits per heavy atom. The molecule has 2 aliphatic carbocycles. The molecule has 2 rings (SSSR count). The molecule has 0 spiro atoms. The van der Waals surface area contributed by atoms with Crippen molar-refractivity contribution in [2.75, 3.05) is 6.61 Å². The van der Waals surface area contributed by atoms with Crippen molar-refractivity contribution >= 4 is 5.78 Å². The summed E-state index contributed by atoms with van der Waals surface area (Å²) in [6.45, 7) is 11.7. The van der Waals surface area contributed by atoms with Crippen molar-refractivity contribution in [3.8, 4) is 0 Å². The Bertz CT molecular complexity index is 460. The zero-order valence-corrected chi connectivity index (χ0v) is 15.2. The van der Waals surface area contributed by atoms with Crippen molar-refractivity contribution in [1.82, 2.24) is 0 Å². The van der Waals surface area contributed by atoms with Gasteiger partial charge in [-0.05, 0) is 67.3 Å². The fraction of sp³-hybridized carbons (Fsp3) is 0.850. The van der Waals surface area contributed by atoms with Crippen LogP contribution in [0.5, 0.6) is 0 Å². The van der Waals surface area contributed by atoms with Gasteiger partial charge in [-0.2, -0.15) is 0 Å². The SMILES string of the molecule is CC1=C(CCC(C)CCO)C2(C)CCCC(C)(C)C2CC1=O. The van der Waals surface area contributed by atoms with E-state index in [-0.39, 0.29) is 17.4 Å². The fourth-order valence-electron chi connectivity index (χ4n) is 5.15. The van der Waals surface area contributed by atoms with Crippen LogP contribution < -0.4 is 0 Å². The maximum atomic E-state index is 12.6. The Kier molecular flexibility index (Phi) is 5.21. The summed E-state index contributed by atoms with van der Waals surface area (Å²) in [5.41, 5.74) is 2.96. The number of aliphatic hydroxyl groups is 1. The second kappa shape index (κ2) is 6.47. The molecule has 0 aliphatic heterocycles. The Labute approximate surface area is 136 Å². The smallest absolute Gasteiger partial charge is 0.158 e. The lowest BCUT2D eigenvalue weighted by atomic mass is 9.49. The molecule has 0 aromatic carbocycles. The molecular formula is C20H34O2. The molecular weight excluding hydrogens is 272 g/mol. The molecule has 3 unspecified atom stereocenters. The van der Waals surface area contributed by atoms with Crippen molar-refractivity contribution in [1.29, 1.82) is 0 Å². The van der Waals surface area contributed by atoms with E-state index >= 15 is 0 Å². The van der Waals surface area contributed by atoms with E-state index in [1.807, 2.05) is 0 Å². The van der Waals surface area contributed by atoms with Gasteiger partial charge in [-0.3, -0.25) is 4.79 Å². The highest BCUT2D eigenvalue weighted by Gasteiger charge is 2.51. The van der Waals surface area contributed by atoms with Gasteiger partial charge in [0.2, 0.25) is 0 Å². The van der Waals surface area contributed by atoms with Gasteiger partial charge < -0.3 is 5.11 Å². The minimum absolute atomic E-state index is 0.207. The summed E-state index contributed by atoms with van der Waals surface area (Å²) in [4.78, 5) is 12.6. The third kappa shape index (κ3) is 3.18. The van der Waals surface area contributed by atoms with Gasteiger partial charge in [0.1, 0.15) is 0 Å². The quantitative estimate of drug-likeness (QED) is 0.784. The van der Waals surface area contributed by atoms with Crippen LogP contribution in [-0.2, 0) is 4.79 Å². The van der Waals surface area contributed by atoms with E-state index in [1.54, 1.807) is 0 Å². The standard InChI is InChI=1S/C20H34O2/c1-14(9-12-21)7-8-16-15(2)17(22)13-18-19(3,4)10-6-11-20(16,18)5/h14,18,21H,6-13H2,1-5H3. The summed E-state index contributed by atoms with van der Waals surface area (Å²) < 4.78 is 0. The Morgan fingerprint density at radius 1 is 1.23 bits per heavy atom. The number of allylic oxidation sites excluding steroid dienone is 2. The van der Waals surface area contributed by atoms with E-state index in [0.29, 0.717) is 17.6 Å². The third-order valence-electron chi connectivity index (χ3n) is 6.69. The fourth-order valence-corrected chi connectivity index (χ4v) is 5.15. The van der Waals surface area contributed by atoms with Crippen LogP contribution in [0.15, 0.2) is 11.1 Å². The molecule has 126 valence electrons. The Morgan fingerprint density at radius 2 is 1.91 bits per heavy atom. The van der Waals surface area contributed by atoms with E-state index in [9.17, 15) is 4.79 Å². The van der Waals surface area contributed by atoms with E-state index in [4.69, 9.17) is 5.11 Å². The van der Waals surface area contributed by atoms with Gasteiger partial charge in [0.25, 0.3) is 0 Å². The lowest BCUT2D eigenvalue weighted by molar-refractivity contribution is -0.122. The van der Waals surface area contributed by atoms with E-state index in [0.717, 1.165) is 31.3 Å². The normalized spacial score (nSPS) is 32.8. The highest BCUT2D eigenvalue weighted by molar-refractivity contribution is 5.97. The average molecular weight is 306 g/mol. The second-order valence-corrected chi connectivity index (χ2v) is 8.70. The molecule has 22 heavy (non-hydrogen) atoms. The van der Waals surface area contributed by atoms with E-state index in [1.165, 1.54) is 24.8 Å². The van der Waals surface area contributed by atoms with E-state index in [2.05, 4.69) is 34.6 Å². The summed E-state index contributed by atoms with van der Waals surface area (Å²) >= 11 is 0. The number of Topliss-reactive ketones (excluding diaryl/α,β-unsaturated/α-hetero) is 1. The summed E-state index contributed by atoms with van der Waals surface area (Å²) in [6.07, 6.45) is 7.47. The topological polar surface area (TPSA) is 37.3 Å². The second-order valence-electron chi connectivity index (χ2n) is 8.70. The summed E-state index contributed by atoms with van der Waals surface area (Å²) in [6, 6.07) is 0. The monoisotopic (exact) mass is 306 g/mol. The molecule has 0 bridgehead atoms. The summed E-state index contributed by atoms with van der Waals surface area (Å²) in [5, 5.41) is 9.11. The molecule has 2 aliphatic rings. The number of rotatable bonds is 5. The maximum Gasteiger partial charge on any atom is 0.158 e. The zero-order chi connectivity index (χ0) is 16.5. The lowest BCUT2D eigenvalue weighted by Gasteiger charge is -2.54. The molecule has 0 saturated heterocycles. The maximum absolute atomic E-state index is 12.6. The molecule has 1 saturated carbocycles. The average Bonchev–Trinajstić information content (AvgIpc) is 2.41. The van der Waals surface area contributed by atoms with Crippen molar-refractivity contribution in [2.24, 2.45) is 22.7 Å².